The molecule has 76 valence electrons. The first-order valence-electron chi connectivity index (χ1n) is 4.36. The highest BCUT2D eigenvalue weighted by Crippen LogP contribution is 2.53. The lowest BCUT2D eigenvalue weighted by atomic mass is 10.3. The van der Waals surface area contributed by atoms with Gasteiger partial charge in [0, 0.05) is 0 Å². The van der Waals surface area contributed by atoms with E-state index in [1.54, 1.807) is 20.8 Å². The van der Waals surface area contributed by atoms with Crippen molar-refractivity contribution in [2.24, 2.45) is 10.2 Å². The lowest BCUT2D eigenvalue weighted by Gasteiger charge is -2.17. The lowest BCUT2D eigenvalue weighted by molar-refractivity contribution is 0.218. The molecular weight excluding hydrogens is 191 g/mol. The molecule has 0 aromatic heterocycles. The molecule has 1 heterocycles. The van der Waals surface area contributed by atoms with Gasteiger partial charge in [0.05, 0.1) is 19.4 Å². The molecule has 1 rings (SSSR count). The summed E-state index contributed by atoms with van der Waals surface area (Å²) in [5.74, 6) is 0. The first-order valence-corrected chi connectivity index (χ1v) is 6.08. The number of hydrogen-bond acceptors (Lipinski definition) is 5. The molecule has 0 spiro atoms. The zero-order valence-electron chi connectivity index (χ0n) is 8.19. The summed E-state index contributed by atoms with van der Waals surface area (Å²) in [5.41, 5.74) is -0.528. The van der Waals surface area contributed by atoms with E-state index in [0.29, 0.717) is 13.2 Å². The van der Waals surface area contributed by atoms with E-state index in [4.69, 9.17) is 9.05 Å². The molecule has 0 saturated carbocycles. The molecule has 0 unspecified atom stereocenters. The quantitative estimate of drug-likeness (QED) is 0.627. The fourth-order valence-corrected chi connectivity index (χ4v) is 2.94. The van der Waals surface area contributed by atoms with E-state index >= 15 is 0 Å². The molecule has 13 heavy (non-hydrogen) atoms. The van der Waals surface area contributed by atoms with Crippen molar-refractivity contribution in [3.05, 3.63) is 0 Å². The second-order valence-electron chi connectivity index (χ2n) is 3.02. The van der Waals surface area contributed by atoms with Crippen LogP contribution < -0.4 is 0 Å². The Morgan fingerprint density at radius 3 is 2.00 bits per heavy atom. The minimum Gasteiger partial charge on any atom is -0.309 e. The maximum atomic E-state index is 11.9. The van der Waals surface area contributed by atoms with Crippen LogP contribution in [0, 0.1) is 0 Å². The summed E-state index contributed by atoms with van der Waals surface area (Å²) < 4.78 is 22.1. The summed E-state index contributed by atoms with van der Waals surface area (Å²) in [6.07, 6.45) is 0.252. The minimum absolute atomic E-state index is 0.252. The number of hydrogen-bond donors (Lipinski definition) is 0. The average Bonchev–Trinajstić information content (AvgIpc) is 2.67. The van der Waals surface area contributed by atoms with E-state index in [9.17, 15) is 4.57 Å². The van der Waals surface area contributed by atoms with Crippen LogP contribution in [-0.4, -0.2) is 25.0 Å². The standard InChI is InChI=1S/C7H15N2O3P/c1-4-11-13(10,12-5-2)6-7(3)8-9-7/h4-6H2,1-3H3. The summed E-state index contributed by atoms with van der Waals surface area (Å²) in [6.45, 7) is 6.14. The highest BCUT2D eigenvalue weighted by Gasteiger charge is 2.43. The SMILES string of the molecule is CCOP(=O)(CC1(C)N=N1)OCC. The van der Waals surface area contributed by atoms with E-state index in [0.717, 1.165) is 0 Å². The predicted octanol–water partition coefficient (Wildman–Crippen LogP) is 2.43. The second kappa shape index (κ2) is 3.86. The normalized spacial score (nSPS) is 19.0. The minimum atomic E-state index is -2.97. The molecule has 6 heteroatoms. The Kier molecular flexibility index (Phi) is 3.22. The van der Waals surface area contributed by atoms with Crippen LogP contribution in [-0.2, 0) is 13.6 Å². The Hall–Kier alpha value is -0.250. The molecule has 0 atom stereocenters. The molecule has 0 aromatic carbocycles. The first kappa shape index (κ1) is 10.8. The molecule has 0 N–H and O–H groups in total. The highest BCUT2D eigenvalue weighted by atomic mass is 31.2. The lowest BCUT2D eigenvalue weighted by Crippen LogP contribution is -2.14. The van der Waals surface area contributed by atoms with Gasteiger partial charge in [-0.15, -0.1) is 0 Å². The zero-order valence-corrected chi connectivity index (χ0v) is 9.08. The van der Waals surface area contributed by atoms with Gasteiger partial charge < -0.3 is 9.05 Å². The summed E-state index contributed by atoms with van der Waals surface area (Å²) in [5, 5.41) is 7.55. The second-order valence-corrected chi connectivity index (χ2v) is 5.08. The van der Waals surface area contributed by atoms with Gasteiger partial charge in [0.1, 0.15) is 0 Å². The predicted molar refractivity (Wildman–Crippen MR) is 49.0 cm³/mol. The largest absolute Gasteiger partial charge is 0.335 e. The highest BCUT2D eigenvalue weighted by molar-refractivity contribution is 7.54. The van der Waals surface area contributed by atoms with Crippen LogP contribution in [0.4, 0.5) is 0 Å². The fourth-order valence-electron chi connectivity index (χ4n) is 1.04. The van der Waals surface area contributed by atoms with Gasteiger partial charge in [-0.1, -0.05) is 0 Å². The third-order valence-corrected chi connectivity index (χ3v) is 3.88. The van der Waals surface area contributed by atoms with Crippen LogP contribution in [0.1, 0.15) is 20.8 Å². The van der Waals surface area contributed by atoms with Crippen LogP contribution in [0.3, 0.4) is 0 Å². The van der Waals surface area contributed by atoms with Crippen molar-refractivity contribution >= 4 is 7.60 Å². The monoisotopic (exact) mass is 206 g/mol. The molecule has 0 amide bonds. The van der Waals surface area contributed by atoms with Gasteiger partial charge in [0.2, 0.25) is 0 Å². The molecule has 0 radical (unpaired) electrons. The van der Waals surface area contributed by atoms with E-state index in [1.165, 1.54) is 0 Å². The molecule has 5 nitrogen and oxygen atoms in total. The average molecular weight is 206 g/mol. The van der Waals surface area contributed by atoms with E-state index in [1.807, 2.05) is 0 Å². The smallest absolute Gasteiger partial charge is 0.309 e. The summed E-state index contributed by atoms with van der Waals surface area (Å²) in [6, 6.07) is 0. The van der Waals surface area contributed by atoms with Gasteiger partial charge in [-0.25, -0.2) is 0 Å². The van der Waals surface area contributed by atoms with E-state index in [2.05, 4.69) is 10.2 Å². The zero-order chi connectivity index (χ0) is 9.95. The Labute approximate surface area is 78.1 Å². The molecule has 0 fully saturated rings. The van der Waals surface area contributed by atoms with Crippen molar-refractivity contribution in [3.63, 3.8) is 0 Å². The molecule has 0 saturated heterocycles. The molecule has 1 aliphatic rings. The van der Waals surface area contributed by atoms with E-state index < -0.39 is 13.3 Å². The Balaban J connectivity index is 2.50. The number of nitrogens with zero attached hydrogens (tertiary/aromatic N) is 2. The summed E-state index contributed by atoms with van der Waals surface area (Å²) in [7, 11) is -2.97. The third-order valence-electron chi connectivity index (χ3n) is 1.59. The van der Waals surface area contributed by atoms with Crippen LogP contribution in [0.15, 0.2) is 10.2 Å². The Morgan fingerprint density at radius 2 is 1.69 bits per heavy atom. The molecule has 0 aliphatic carbocycles. The molecular formula is C7H15N2O3P. The maximum absolute atomic E-state index is 11.9. The number of rotatable bonds is 6. The van der Waals surface area contributed by atoms with Gasteiger partial charge in [-0.2, -0.15) is 10.2 Å². The topological polar surface area (TPSA) is 60.2 Å². The van der Waals surface area contributed by atoms with Crippen molar-refractivity contribution in [2.75, 3.05) is 19.4 Å². The Bertz CT molecular complexity index is 238. The van der Waals surface area contributed by atoms with Crippen LogP contribution in [0.2, 0.25) is 0 Å². The summed E-state index contributed by atoms with van der Waals surface area (Å²) in [4.78, 5) is 0. The summed E-state index contributed by atoms with van der Waals surface area (Å²) >= 11 is 0. The van der Waals surface area contributed by atoms with Crippen LogP contribution >= 0.6 is 7.60 Å². The van der Waals surface area contributed by atoms with Gasteiger partial charge in [-0.3, -0.25) is 4.57 Å². The van der Waals surface area contributed by atoms with Crippen LogP contribution in [0.25, 0.3) is 0 Å². The fraction of sp³-hybridized carbons (Fsp3) is 1.00. The maximum Gasteiger partial charge on any atom is 0.335 e. The van der Waals surface area contributed by atoms with Crippen molar-refractivity contribution in [1.82, 2.24) is 0 Å². The van der Waals surface area contributed by atoms with Crippen molar-refractivity contribution in [3.8, 4) is 0 Å². The van der Waals surface area contributed by atoms with Gasteiger partial charge in [0.15, 0.2) is 5.66 Å². The third kappa shape index (κ3) is 3.18. The van der Waals surface area contributed by atoms with Crippen molar-refractivity contribution in [1.29, 1.82) is 0 Å². The van der Waals surface area contributed by atoms with Crippen molar-refractivity contribution < 1.29 is 13.6 Å². The van der Waals surface area contributed by atoms with Crippen molar-refractivity contribution in [2.45, 2.75) is 26.4 Å². The molecule has 0 aromatic rings. The van der Waals surface area contributed by atoms with Crippen LogP contribution in [0.5, 0.6) is 0 Å². The molecule has 1 aliphatic heterocycles. The van der Waals surface area contributed by atoms with Gasteiger partial charge >= 0.3 is 7.60 Å². The van der Waals surface area contributed by atoms with E-state index in [-0.39, 0.29) is 6.16 Å². The molecule has 0 bridgehead atoms. The van der Waals surface area contributed by atoms with Gasteiger partial charge in [0.25, 0.3) is 0 Å². The van der Waals surface area contributed by atoms with Gasteiger partial charge in [-0.05, 0) is 20.8 Å². The first-order chi connectivity index (χ1) is 6.04. The Morgan fingerprint density at radius 1 is 1.23 bits per heavy atom.